The molecule has 1 N–H and O–H groups in total. The van der Waals surface area contributed by atoms with Gasteiger partial charge in [0.05, 0.1) is 11.3 Å². The molecule has 1 aromatic heterocycles. The molecular formula is C15H15BrF3N3O. The number of hydrogen-bond acceptors (Lipinski definition) is 2. The van der Waals surface area contributed by atoms with E-state index in [2.05, 4.69) is 26.3 Å². The molecule has 0 atom stereocenters. The Hall–Kier alpha value is -1.83. The number of aromatic nitrogens is 2. The highest BCUT2D eigenvalue weighted by molar-refractivity contribution is 9.10. The van der Waals surface area contributed by atoms with Gasteiger partial charge < -0.3 is 5.32 Å². The summed E-state index contributed by atoms with van der Waals surface area (Å²) in [6, 6.07) is 5.48. The van der Waals surface area contributed by atoms with Crippen LogP contribution in [0.4, 0.5) is 18.9 Å². The van der Waals surface area contributed by atoms with Crippen LogP contribution in [-0.4, -0.2) is 15.7 Å². The van der Waals surface area contributed by atoms with E-state index in [1.165, 1.54) is 12.1 Å². The standard InChI is InChI=1S/C15H15BrF3N3O/c1-9-7-10(2)22(21-9)6-5-14(23)20-11-3-4-13(16)12(8-11)15(17,18)19/h3-4,7-8H,5-6H2,1-2H3,(H,20,23). The zero-order valence-electron chi connectivity index (χ0n) is 12.5. The van der Waals surface area contributed by atoms with Gasteiger partial charge in [-0.05, 0) is 38.1 Å². The first-order valence-electron chi connectivity index (χ1n) is 6.84. The van der Waals surface area contributed by atoms with Gasteiger partial charge in [0.1, 0.15) is 0 Å². The summed E-state index contributed by atoms with van der Waals surface area (Å²) in [5.74, 6) is -0.368. The quantitative estimate of drug-likeness (QED) is 0.846. The third-order valence-electron chi connectivity index (χ3n) is 3.21. The summed E-state index contributed by atoms with van der Waals surface area (Å²) in [5.41, 5.74) is 1.07. The summed E-state index contributed by atoms with van der Waals surface area (Å²) in [4.78, 5) is 11.9. The van der Waals surface area contributed by atoms with Crippen molar-refractivity contribution in [3.63, 3.8) is 0 Å². The Morgan fingerprint density at radius 2 is 2.00 bits per heavy atom. The van der Waals surface area contributed by atoms with Gasteiger partial charge in [0.15, 0.2) is 0 Å². The lowest BCUT2D eigenvalue weighted by Gasteiger charge is -2.12. The largest absolute Gasteiger partial charge is 0.417 e. The second-order valence-corrected chi connectivity index (χ2v) is 6.00. The van der Waals surface area contributed by atoms with Crippen molar-refractivity contribution in [2.24, 2.45) is 0 Å². The van der Waals surface area contributed by atoms with Crippen LogP contribution in [0.15, 0.2) is 28.7 Å². The van der Waals surface area contributed by atoms with E-state index in [9.17, 15) is 18.0 Å². The van der Waals surface area contributed by atoms with Crippen LogP contribution in [0, 0.1) is 13.8 Å². The number of rotatable bonds is 4. The van der Waals surface area contributed by atoms with Crippen molar-refractivity contribution < 1.29 is 18.0 Å². The van der Waals surface area contributed by atoms with Gasteiger partial charge in [-0.3, -0.25) is 9.48 Å². The zero-order valence-corrected chi connectivity index (χ0v) is 14.1. The second-order valence-electron chi connectivity index (χ2n) is 5.14. The molecule has 124 valence electrons. The van der Waals surface area contributed by atoms with Crippen molar-refractivity contribution in [3.05, 3.63) is 45.7 Å². The maximum absolute atomic E-state index is 12.8. The highest BCUT2D eigenvalue weighted by atomic mass is 79.9. The number of aryl methyl sites for hydroxylation is 3. The number of carbonyl (C=O) groups excluding carboxylic acids is 1. The predicted octanol–water partition coefficient (Wildman–Crippen LogP) is 4.31. The van der Waals surface area contributed by atoms with E-state index < -0.39 is 11.7 Å². The van der Waals surface area contributed by atoms with E-state index in [1.54, 1.807) is 4.68 Å². The minimum atomic E-state index is -4.48. The highest BCUT2D eigenvalue weighted by Gasteiger charge is 2.33. The van der Waals surface area contributed by atoms with Crippen molar-refractivity contribution in [2.45, 2.75) is 33.0 Å². The third kappa shape index (κ3) is 4.57. The monoisotopic (exact) mass is 389 g/mol. The number of halogens is 4. The molecule has 1 aromatic carbocycles. The molecule has 0 fully saturated rings. The molecule has 0 aliphatic rings. The number of amides is 1. The number of nitrogens with zero attached hydrogens (tertiary/aromatic N) is 2. The van der Waals surface area contributed by atoms with E-state index in [0.717, 1.165) is 17.5 Å². The molecule has 0 aliphatic carbocycles. The molecule has 0 bridgehead atoms. The van der Waals surface area contributed by atoms with Gasteiger partial charge in [-0.15, -0.1) is 0 Å². The third-order valence-corrected chi connectivity index (χ3v) is 3.90. The average molecular weight is 390 g/mol. The Kier molecular flexibility index (Phi) is 5.13. The summed E-state index contributed by atoms with van der Waals surface area (Å²) >= 11 is 2.86. The summed E-state index contributed by atoms with van der Waals surface area (Å²) in [5, 5.41) is 6.71. The van der Waals surface area contributed by atoms with E-state index in [4.69, 9.17) is 0 Å². The van der Waals surface area contributed by atoms with E-state index >= 15 is 0 Å². The summed E-state index contributed by atoms with van der Waals surface area (Å²) in [6.45, 7) is 4.10. The Morgan fingerprint density at radius 1 is 1.30 bits per heavy atom. The van der Waals surface area contributed by atoms with Crippen molar-refractivity contribution in [2.75, 3.05) is 5.32 Å². The fraction of sp³-hybridized carbons (Fsp3) is 0.333. The molecule has 4 nitrogen and oxygen atoms in total. The van der Waals surface area contributed by atoms with Crippen LogP contribution in [0.5, 0.6) is 0 Å². The van der Waals surface area contributed by atoms with Crippen LogP contribution in [0.2, 0.25) is 0 Å². The fourth-order valence-electron chi connectivity index (χ4n) is 2.15. The first-order chi connectivity index (χ1) is 10.7. The van der Waals surface area contributed by atoms with Crippen LogP contribution in [0.25, 0.3) is 0 Å². The van der Waals surface area contributed by atoms with Gasteiger partial charge in [0.2, 0.25) is 5.91 Å². The van der Waals surface area contributed by atoms with Crippen LogP contribution < -0.4 is 5.32 Å². The Morgan fingerprint density at radius 3 is 2.57 bits per heavy atom. The van der Waals surface area contributed by atoms with Crippen LogP contribution in [0.3, 0.4) is 0 Å². The van der Waals surface area contributed by atoms with Gasteiger partial charge >= 0.3 is 6.18 Å². The summed E-state index contributed by atoms with van der Waals surface area (Å²) in [7, 11) is 0. The molecule has 23 heavy (non-hydrogen) atoms. The minimum Gasteiger partial charge on any atom is -0.326 e. The number of alkyl halides is 3. The van der Waals surface area contributed by atoms with E-state index in [1.807, 2.05) is 19.9 Å². The molecule has 8 heteroatoms. The normalized spacial score (nSPS) is 11.6. The number of benzene rings is 1. The molecule has 0 spiro atoms. The number of hydrogen-bond donors (Lipinski definition) is 1. The van der Waals surface area contributed by atoms with Crippen LogP contribution in [-0.2, 0) is 17.5 Å². The minimum absolute atomic E-state index is 0.0642. The molecule has 0 unspecified atom stereocenters. The SMILES string of the molecule is Cc1cc(C)n(CCC(=O)Nc2ccc(Br)c(C(F)(F)F)c2)n1. The Balaban J connectivity index is 2.02. The van der Waals surface area contributed by atoms with E-state index in [-0.39, 0.29) is 22.5 Å². The highest BCUT2D eigenvalue weighted by Crippen LogP contribution is 2.36. The maximum Gasteiger partial charge on any atom is 0.417 e. The van der Waals surface area contributed by atoms with Gasteiger partial charge in [0, 0.05) is 28.8 Å². The molecule has 0 aliphatic heterocycles. The Labute approximate surface area is 139 Å². The zero-order chi connectivity index (χ0) is 17.2. The lowest BCUT2D eigenvalue weighted by Crippen LogP contribution is -2.16. The summed E-state index contributed by atoms with van der Waals surface area (Å²) < 4.78 is 40.1. The van der Waals surface area contributed by atoms with Crippen LogP contribution in [0.1, 0.15) is 23.4 Å². The molecule has 0 saturated heterocycles. The van der Waals surface area contributed by atoms with Crippen molar-refractivity contribution in [1.82, 2.24) is 9.78 Å². The van der Waals surface area contributed by atoms with Crippen molar-refractivity contribution >= 4 is 27.5 Å². The van der Waals surface area contributed by atoms with Crippen LogP contribution >= 0.6 is 15.9 Å². The lowest BCUT2D eigenvalue weighted by atomic mass is 10.2. The topological polar surface area (TPSA) is 46.9 Å². The predicted molar refractivity (Wildman–Crippen MR) is 84.1 cm³/mol. The number of nitrogens with one attached hydrogen (secondary N) is 1. The maximum atomic E-state index is 12.8. The van der Waals surface area contributed by atoms with Crippen molar-refractivity contribution in [1.29, 1.82) is 0 Å². The molecule has 1 amide bonds. The molecular weight excluding hydrogens is 375 g/mol. The molecule has 0 radical (unpaired) electrons. The van der Waals surface area contributed by atoms with Gasteiger partial charge in [0.25, 0.3) is 0 Å². The number of carbonyl (C=O) groups is 1. The lowest BCUT2D eigenvalue weighted by molar-refractivity contribution is -0.138. The number of anilines is 1. The molecule has 2 aromatic rings. The first-order valence-corrected chi connectivity index (χ1v) is 7.64. The molecule has 0 saturated carbocycles. The van der Waals surface area contributed by atoms with Crippen molar-refractivity contribution in [3.8, 4) is 0 Å². The van der Waals surface area contributed by atoms with E-state index in [0.29, 0.717) is 6.54 Å². The van der Waals surface area contributed by atoms with Gasteiger partial charge in [-0.2, -0.15) is 18.3 Å². The fourth-order valence-corrected chi connectivity index (χ4v) is 2.62. The van der Waals surface area contributed by atoms with Gasteiger partial charge in [-0.1, -0.05) is 15.9 Å². The first kappa shape index (κ1) is 17.5. The smallest absolute Gasteiger partial charge is 0.326 e. The molecule has 2 rings (SSSR count). The molecule has 1 heterocycles. The average Bonchev–Trinajstić information content (AvgIpc) is 2.75. The Bertz CT molecular complexity index is 725. The second kappa shape index (κ2) is 6.74. The van der Waals surface area contributed by atoms with Gasteiger partial charge in [-0.25, -0.2) is 0 Å². The summed E-state index contributed by atoms with van der Waals surface area (Å²) in [6.07, 6.45) is -4.36.